The van der Waals surface area contributed by atoms with E-state index in [0.29, 0.717) is 31.2 Å². The number of benzene rings is 1. The molecule has 1 saturated carbocycles. The number of pyridine rings is 1. The van der Waals surface area contributed by atoms with E-state index >= 15 is 0 Å². The number of halogens is 4. The van der Waals surface area contributed by atoms with Gasteiger partial charge in [-0.15, -0.1) is 0 Å². The molecule has 0 saturated heterocycles. The maximum absolute atomic E-state index is 12.9. The van der Waals surface area contributed by atoms with Crippen molar-refractivity contribution < 1.29 is 27.1 Å². The zero-order valence-electron chi connectivity index (χ0n) is 14.3. The molecule has 1 heterocycles. The van der Waals surface area contributed by atoms with Gasteiger partial charge in [0, 0.05) is 23.9 Å². The lowest BCUT2D eigenvalue weighted by atomic mass is 9.92. The first-order chi connectivity index (χ1) is 12.8. The number of carbonyl (C=O) groups excluding carboxylic acids is 1. The minimum absolute atomic E-state index is 0.0250. The van der Waals surface area contributed by atoms with Gasteiger partial charge in [-0.05, 0) is 56.0 Å². The summed E-state index contributed by atoms with van der Waals surface area (Å²) in [7, 11) is 0. The van der Waals surface area contributed by atoms with Gasteiger partial charge in [0.25, 0.3) is 5.91 Å². The molecule has 8 heteroatoms. The summed E-state index contributed by atoms with van der Waals surface area (Å²) in [6, 6.07) is 7.45. The molecule has 0 spiro atoms. The molecule has 1 N–H and O–H groups in total. The van der Waals surface area contributed by atoms with Crippen molar-refractivity contribution in [1.82, 2.24) is 10.3 Å². The number of ether oxygens (including phenoxy) is 1. The first kappa shape index (κ1) is 19.1. The quantitative estimate of drug-likeness (QED) is 0.800. The second-order valence-electron chi connectivity index (χ2n) is 6.45. The molecule has 0 atom stereocenters. The van der Waals surface area contributed by atoms with Gasteiger partial charge in [-0.25, -0.2) is 9.37 Å². The van der Waals surface area contributed by atoms with Gasteiger partial charge in [0.2, 0.25) is 5.88 Å². The molecule has 0 aliphatic heterocycles. The lowest BCUT2D eigenvalue weighted by molar-refractivity contribution is -0.137. The Morgan fingerprint density at radius 2 is 1.70 bits per heavy atom. The van der Waals surface area contributed by atoms with Crippen LogP contribution in [0.25, 0.3) is 0 Å². The Morgan fingerprint density at radius 1 is 1.04 bits per heavy atom. The third-order valence-corrected chi connectivity index (χ3v) is 4.47. The van der Waals surface area contributed by atoms with Gasteiger partial charge >= 0.3 is 6.18 Å². The fourth-order valence-electron chi connectivity index (χ4n) is 2.98. The van der Waals surface area contributed by atoms with Gasteiger partial charge in [-0.1, -0.05) is 0 Å². The van der Waals surface area contributed by atoms with Crippen LogP contribution in [0.1, 0.15) is 41.6 Å². The van der Waals surface area contributed by atoms with E-state index in [1.165, 1.54) is 30.3 Å². The molecule has 144 valence electrons. The molecule has 4 nitrogen and oxygen atoms in total. The van der Waals surface area contributed by atoms with E-state index in [1.54, 1.807) is 0 Å². The fourth-order valence-corrected chi connectivity index (χ4v) is 2.98. The van der Waals surface area contributed by atoms with Crippen LogP contribution in [0.3, 0.4) is 0 Å². The van der Waals surface area contributed by atoms with Gasteiger partial charge in [0.05, 0.1) is 5.56 Å². The van der Waals surface area contributed by atoms with Gasteiger partial charge in [-0.2, -0.15) is 13.2 Å². The molecule has 1 amide bonds. The first-order valence-electron chi connectivity index (χ1n) is 8.57. The van der Waals surface area contributed by atoms with Crippen molar-refractivity contribution in [1.29, 1.82) is 0 Å². The molecular weight excluding hydrogens is 364 g/mol. The predicted octanol–water partition coefficient (Wildman–Crippen LogP) is 4.36. The topological polar surface area (TPSA) is 51.2 Å². The summed E-state index contributed by atoms with van der Waals surface area (Å²) in [5.74, 6) is -0.508. The number of hydrogen-bond donors (Lipinski definition) is 1. The number of aromatic nitrogens is 1. The van der Waals surface area contributed by atoms with Crippen molar-refractivity contribution in [3.05, 3.63) is 59.5 Å². The largest absolute Gasteiger partial charge is 0.474 e. The Hall–Kier alpha value is -2.64. The monoisotopic (exact) mass is 382 g/mol. The highest BCUT2D eigenvalue weighted by atomic mass is 19.4. The van der Waals surface area contributed by atoms with E-state index in [2.05, 4.69) is 10.3 Å². The standard InChI is InChI=1S/C19H18F4N2O2/c20-14-4-1-12(2-5-14)18(26)25-15-6-8-16(9-7-15)27-17-10-3-13(11-24-17)19(21,22)23/h1-5,10-11,15-16H,6-9H2,(H,25,26). The van der Waals surface area contributed by atoms with Gasteiger partial charge < -0.3 is 10.1 Å². The zero-order valence-corrected chi connectivity index (χ0v) is 14.3. The number of nitrogens with zero attached hydrogens (tertiary/aromatic N) is 1. The van der Waals surface area contributed by atoms with Gasteiger partial charge in [0.1, 0.15) is 11.9 Å². The first-order valence-corrected chi connectivity index (χ1v) is 8.57. The number of alkyl halides is 3. The summed E-state index contributed by atoms with van der Waals surface area (Å²) in [5.41, 5.74) is -0.425. The molecule has 1 aromatic carbocycles. The Balaban J connectivity index is 1.47. The fraction of sp³-hybridized carbons (Fsp3) is 0.368. The van der Waals surface area contributed by atoms with Crippen LogP contribution in [0.4, 0.5) is 17.6 Å². The van der Waals surface area contributed by atoms with Crippen LogP contribution in [-0.2, 0) is 6.18 Å². The molecular formula is C19H18F4N2O2. The highest BCUT2D eigenvalue weighted by Gasteiger charge is 2.31. The second-order valence-corrected chi connectivity index (χ2v) is 6.45. The average molecular weight is 382 g/mol. The van der Waals surface area contributed by atoms with Crippen LogP contribution >= 0.6 is 0 Å². The highest BCUT2D eigenvalue weighted by Crippen LogP contribution is 2.30. The van der Waals surface area contributed by atoms with Crippen molar-refractivity contribution in [3.63, 3.8) is 0 Å². The summed E-state index contributed by atoms with van der Waals surface area (Å²) in [4.78, 5) is 15.9. The van der Waals surface area contributed by atoms with Crippen molar-refractivity contribution in [3.8, 4) is 5.88 Å². The van der Waals surface area contributed by atoms with Crippen LogP contribution < -0.4 is 10.1 Å². The third kappa shape index (κ3) is 5.18. The van der Waals surface area contributed by atoms with E-state index in [4.69, 9.17) is 4.74 Å². The summed E-state index contributed by atoms with van der Waals surface area (Å²) in [6.07, 6.45) is -1.17. The minimum Gasteiger partial charge on any atom is -0.474 e. The average Bonchev–Trinajstić information content (AvgIpc) is 2.63. The van der Waals surface area contributed by atoms with Crippen LogP contribution in [0.2, 0.25) is 0 Å². The van der Waals surface area contributed by atoms with Crippen LogP contribution in [0.5, 0.6) is 5.88 Å². The SMILES string of the molecule is O=C(NC1CCC(Oc2ccc(C(F)(F)F)cn2)CC1)c1ccc(F)cc1. The van der Waals surface area contributed by atoms with E-state index in [9.17, 15) is 22.4 Å². The van der Waals surface area contributed by atoms with E-state index in [-0.39, 0.29) is 23.9 Å². The van der Waals surface area contributed by atoms with Crippen molar-refractivity contribution in [2.24, 2.45) is 0 Å². The highest BCUT2D eigenvalue weighted by molar-refractivity contribution is 5.94. The van der Waals surface area contributed by atoms with E-state index < -0.39 is 17.6 Å². The number of nitrogens with one attached hydrogen (secondary N) is 1. The normalized spacial score (nSPS) is 20.1. The summed E-state index contributed by atoms with van der Waals surface area (Å²) in [6.45, 7) is 0. The van der Waals surface area contributed by atoms with Crippen molar-refractivity contribution in [2.45, 2.75) is 44.0 Å². The molecule has 1 aromatic heterocycles. The Labute approximate surface area is 153 Å². The van der Waals surface area contributed by atoms with Crippen molar-refractivity contribution >= 4 is 5.91 Å². The number of amides is 1. The Kier molecular flexibility index (Phi) is 5.62. The van der Waals surface area contributed by atoms with E-state index in [0.717, 1.165) is 12.3 Å². The van der Waals surface area contributed by atoms with E-state index in [1.807, 2.05) is 0 Å². The molecule has 2 aromatic rings. The maximum atomic E-state index is 12.9. The molecule has 3 rings (SSSR count). The number of hydrogen-bond acceptors (Lipinski definition) is 3. The minimum atomic E-state index is -4.42. The molecule has 27 heavy (non-hydrogen) atoms. The second kappa shape index (κ2) is 7.94. The molecule has 0 unspecified atom stereocenters. The number of carbonyl (C=O) groups is 1. The summed E-state index contributed by atoms with van der Waals surface area (Å²) >= 11 is 0. The van der Waals surface area contributed by atoms with Gasteiger partial charge in [0.15, 0.2) is 0 Å². The third-order valence-electron chi connectivity index (χ3n) is 4.47. The summed E-state index contributed by atoms with van der Waals surface area (Å²) in [5, 5.41) is 2.91. The van der Waals surface area contributed by atoms with Gasteiger partial charge in [-0.3, -0.25) is 4.79 Å². The maximum Gasteiger partial charge on any atom is 0.417 e. The Bertz CT molecular complexity index is 768. The van der Waals surface area contributed by atoms with Crippen LogP contribution in [0.15, 0.2) is 42.6 Å². The molecule has 1 aliphatic carbocycles. The molecule has 1 aliphatic rings. The van der Waals surface area contributed by atoms with Crippen molar-refractivity contribution in [2.75, 3.05) is 0 Å². The number of rotatable bonds is 4. The molecule has 0 bridgehead atoms. The lowest BCUT2D eigenvalue weighted by Crippen LogP contribution is -2.39. The zero-order chi connectivity index (χ0) is 19.4. The lowest BCUT2D eigenvalue weighted by Gasteiger charge is -2.29. The molecule has 1 fully saturated rings. The van der Waals surface area contributed by atoms with Crippen LogP contribution in [-0.4, -0.2) is 23.0 Å². The molecule has 0 radical (unpaired) electrons. The summed E-state index contributed by atoms with van der Waals surface area (Å²) < 4.78 is 56.1. The Morgan fingerprint density at radius 3 is 2.26 bits per heavy atom. The smallest absolute Gasteiger partial charge is 0.417 e. The van der Waals surface area contributed by atoms with Crippen LogP contribution in [0, 0.1) is 5.82 Å². The predicted molar refractivity (Wildman–Crippen MR) is 89.8 cm³/mol.